The van der Waals surface area contributed by atoms with Crippen molar-refractivity contribution in [2.45, 2.75) is 95.5 Å². The number of anilines is 1. The largest absolute Gasteiger partial charge is 0.488 e. The number of nitrogens with one attached hydrogen (secondary N) is 2. The van der Waals surface area contributed by atoms with E-state index in [1.165, 1.54) is 12.1 Å². The molecular weight excluding hydrogens is 933 g/mol. The number of benzene rings is 1. The molecule has 17 heteroatoms. The number of likely N-dealkylation sites (tertiary alicyclic amines) is 2. The van der Waals surface area contributed by atoms with Gasteiger partial charge in [-0.25, -0.2) is 13.6 Å². The molecule has 5 N–H and O–H groups in total. The van der Waals surface area contributed by atoms with Crippen molar-refractivity contribution in [2.75, 3.05) is 63.9 Å². The van der Waals surface area contributed by atoms with Crippen LogP contribution in [0.15, 0.2) is 81.4 Å². The number of ether oxygens (including phenoxy) is 2. The van der Waals surface area contributed by atoms with Crippen LogP contribution in [0.4, 0.5) is 19.4 Å². The number of aryl methyl sites for hydroxylation is 1. The molecule has 1 aromatic heterocycles. The molecule has 5 heterocycles. The van der Waals surface area contributed by atoms with Crippen LogP contribution in [0.3, 0.4) is 0 Å². The van der Waals surface area contributed by atoms with E-state index < -0.39 is 35.4 Å². The third kappa shape index (κ3) is 10.1. The minimum Gasteiger partial charge on any atom is -0.488 e. The molecule has 4 aliphatic heterocycles. The van der Waals surface area contributed by atoms with Crippen LogP contribution in [0.1, 0.15) is 87.6 Å². The van der Waals surface area contributed by atoms with E-state index in [-0.39, 0.29) is 72.1 Å². The molecule has 2 aromatic rings. The SMILES string of the molecule is CC1=C(c2c(C(N)=O)ccc(OCCO)c2F)C2=C(CC1F)O[C@](CN[C@H]1CC=CC(N=CN3CCC(CN4CCC(C5C=c6c(c(N7CCC(=O)NC7=O)nn6C)=CC5)CC4)CC3)C1)(C1=C=C=CC=C1)[C@H]2C. The van der Waals surface area contributed by atoms with Crippen molar-refractivity contribution in [1.82, 2.24) is 30.2 Å². The lowest BCUT2D eigenvalue weighted by atomic mass is 9.72. The highest BCUT2D eigenvalue weighted by Crippen LogP contribution is 2.55. The van der Waals surface area contributed by atoms with Gasteiger partial charge in [-0.1, -0.05) is 48.8 Å². The van der Waals surface area contributed by atoms with Gasteiger partial charge in [0.05, 0.1) is 29.9 Å². The average Bonchev–Trinajstić information content (AvgIpc) is 3.87. The molecule has 386 valence electrons. The molecule has 1 aromatic carbocycles. The molecule has 8 aliphatic rings. The van der Waals surface area contributed by atoms with Crippen molar-refractivity contribution in [3.05, 3.63) is 104 Å². The Bertz CT molecular complexity index is 2930. The molecule has 3 fully saturated rings. The smallest absolute Gasteiger partial charge is 0.329 e. The highest BCUT2D eigenvalue weighted by Gasteiger charge is 2.53. The molecule has 0 bridgehead atoms. The number of rotatable bonds is 15. The molecule has 10 rings (SSSR count). The van der Waals surface area contributed by atoms with E-state index in [1.54, 1.807) is 17.9 Å². The summed E-state index contributed by atoms with van der Waals surface area (Å²) in [6.45, 7) is 9.03. The Balaban J connectivity index is 0.732. The van der Waals surface area contributed by atoms with Gasteiger partial charge in [0.15, 0.2) is 23.0 Å². The van der Waals surface area contributed by atoms with Gasteiger partial charge in [0, 0.05) is 86.5 Å². The van der Waals surface area contributed by atoms with Gasteiger partial charge in [0.2, 0.25) is 11.8 Å². The zero-order chi connectivity index (χ0) is 51.0. The van der Waals surface area contributed by atoms with Crippen LogP contribution in [0.25, 0.3) is 17.7 Å². The first-order valence-electron chi connectivity index (χ1n) is 26.1. The lowest BCUT2D eigenvalue weighted by Crippen LogP contribution is -2.51. The predicted octanol–water partition coefficient (Wildman–Crippen LogP) is 4.87. The number of aromatic nitrogens is 2. The first-order chi connectivity index (χ1) is 35.3. The number of hydrogen-bond donors (Lipinski definition) is 4. The highest BCUT2D eigenvalue weighted by molar-refractivity contribution is 6.05. The minimum atomic E-state index is -1.51. The molecule has 3 unspecified atom stereocenters. The second kappa shape index (κ2) is 21.2. The lowest BCUT2D eigenvalue weighted by Gasteiger charge is -2.39. The second-order valence-corrected chi connectivity index (χ2v) is 20.9. The topological polar surface area (TPSA) is 180 Å². The van der Waals surface area contributed by atoms with Crippen molar-refractivity contribution in [1.29, 1.82) is 0 Å². The fourth-order valence-corrected chi connectivity index (χ4v) is 12.4. The van der Waals surface area contributed by atoms with Crippen LogP contribution in [-0.2, 0) is 16.6 Å². The molecule has 6 atom stereocenters. The van der Waals surface area contributed by atoms with E-state index in [9.17, 15) is 19.5 Å². The summed E-state index contributed by atoms with van der Waals surface area (Å²) in [4.78, 5) is 48.8. The number of aliphatic hydroxyl groups excluding tert-OH is 1. The van der Waals surface area contributed by atoms with Gasteiger partial charge in [0.1, 0.15) is 18.5 Å². The number of primary amides is 1. The number of halogens is 2. The van der Waals surface area contributed by atoms with Crippen molar-refractivity contribution in [2.24, 2.45) is 41.4 Å². The molecule has 0 saturated carbocycles. The Morgan fingerprint density at radius 2 is 1.96 bits per heavy atom. The number of imide groups is 1. The van der Waals surface area contributed by atoms with E-state index in [0.29, 0.717) is 53.6 Å². The van der Waals surface area contributed by atoms with Crippen LogP contribution >= 0.6 is 0 Å². The van der Waals surface area contributed by atoms with Crippen LogP contribution in [0.2, 0.25) is 0 Å². The van der Waals surface area contributed by atoms with Crippen LogP contribution < -0.4 is 36.6 Å². The number of nitrogens with zero attached hydrogens (tertiary/aromatic N) is 6. The maximum Gasteiger partial charge on any atom is 0.329 e. The molecule has 3 saturated heterocycles. The van der Waals surface area contributed by atoms with E-state index in [1.807, 2.05) is 37.1 Å². The molecule has 0 spiro atoms. The van der Waals surface area contributed by atoms with E-state index in [0.717, 1.165) is 88.2 Å². The Morgan fingerprint density at radius 1 is 1.15 bits per heavy atom. The molecule has 0 radical (unpaired) electrons. The van der Waals surface area contributed by atoms with Gasteiger partial charge in [-0.15, -0.1) is 0 Å². The van der Waals surface area contributed by atoms with Crippen molar-refractivity contribution < 1.29 is 37.7 Å². The maximum atomic E-state index is 16.6. The quantitative estimate of drug-likeness (QED) is 0.0834. The third-order valence-corrected chi connectivity index (χ3v) is 16.5. The summed E-state index contributed by atoms with van der Waals surface area (Å²) in [5.74, 6) is 0.0970. The van der Waals surface area contributed by atoms with E-state index in [2.05, 4.69) is 56.2 Å². The molecule has 4 aliphatic carbocycles. The van der Waals surface area contributed by atoms with Crippen LogP contribution in [-0.4, -0.2) is 132 Å². The number of alkyl halides is 1. The number of carbonyl (C=O) groups excluding carboxylic acids is 3. The summed E-state index contributed by atoms with van der Waals surface area (Å²) in [5, 5.41) is 22.4. The van der Waals surface area contributed by atoms with Gasteiger partial charge in [-0.05, 0) is 118 Å². The normalized spacial score (nSPS) is 27.8. The predicted molar refractivity (Wildman–Crippen MR) is 275 cm³/mol. The number of amides is 4. The molecule has 4 amide bonds. The number of fused-ring (bicyclic) bond motifs is 1. The second-order valence-electron chi connectivity index (χ2n) is 20.9. The van der Waals surface area contributed by atoms with Crippen LogP contribution in [0.5, 0.6) is 5.75 Å². The van der Waals surface area contributed by atoms with Gasteiger partial charge in [-0.3, -0.25) is 29.5 Å². The number of aliphatic imine (C=N–C) groups is 1. The van der Waals surface area contributed by atoms with Crippen molar-refractivity contribution in [3.63, 3.8) is 0 Å². The summed E-state index contributed by atoms with van der Waals surface area (Å²) < 4.78 is 47.0. The number of allylic oxidation sites excluding steroid dienone is 5. The number of carbonyl (C=O) groups is 3. The third-order valence-electron chi connectivity index (χ3n) is 16.5. The van der Waals surface area contributed by atoms with E-state index in [4.69, 9.17) is 25.3 Å². The highest BCUT2D eigenvalue weighted by atomic mass is 19.1. The maximum absolute atomic E-state index is 16.6. The van der Waals surface area contributed by atoms with Gasteiger partial charge < -0.3 is 35.4 Å². The van der Waals surface area contributed by atoms with Crippen molar-refractivity contribution in [3.8, 4) is 5.75 Å². The number of piperidine rings is 2. The molecular formula is C56H67F2N9O6. The zero-order valence-electron chi connectivity index (χ0n) is 42.0. The van der Waals surface area contributed by atoms with Gasteiger partial charge >= 0.3 is 6.03 Å². The number of hydrogen-bond acceptors (Lipinski definition) is 10. The Morgan fingerprint density at radius 3 is 2.70 bits per heavy atom. The fraction of sp³-hybridized carbons (Fsp3) is 0.518. The number of aliphatic hydroxyl groups is 1. The summed E-state index contributed by atoms with van der Waals surface area (Å²) in [6.07, 6.45) is 22.3. The number of urea groups is 1. The van der Waals surface area contributed by atoms with Gasteiger partial charge in [-0.2, -0.15) is 5.10 Å². The lowest BCUT2D eigenvalue weighted by molar-refractivity contribution is -0.120. The number of nitrogens with two attached hydrogens (primary N) is 1. The molecule has 73 heavy (non-hydrogen) atoms. The Labute approximate surface area is 424 Å². The Kier molecular flexibility index (Phi) is 14.6. The van der Waals surface area contributed by atoms with Crippen LogP contribution in [0, 0.1) is 29.5 Å². The summed E-state index contributed by atoms with van der Waals surface area (Å²) in [6, 6.07) is 2.32. The minimum absolute atomic E-state index is 0.0141. The summed E-state index contributed by atoms with van der Waals surface area (Å²) in [5.41, 5.74) is 12.7. The summed E-state index contributed by atoms with van der Waals surface area (Å²) in [7, 11) is 1.93. The van der Waals surface area contributed by atoms with Gasteiger partial charge in [0.25, 0.3) is 0 Å². The zero-order valence-corrected chi connectivity index (χ0v) is 42.0. The molecule has 15 nitrogen and oxygen atoms in total. The Hall–Kier alpha value is -6.35. The fourth-order valence-electron chi connectivity index (χ4n) is 12.4. The summed E-state index contributed by atoms with van der Waals surface area (Å²) >= 11 is 0. The average molecular weight is 1000 g/mol. The standard InChI is InChI=1S/C56H67F2N9O6/c1-34-44(57)30-47-50(49(34)51-43(53(59)70)14-15-46(52(51)58)72-27-26-68)35(2)56(73-47,39-8-5-4-6-9-39)32-60-40-10-7-11-41(29-40)61-33-66-21-16-36(17-22-66)31-65-23-18-37(19-24-65)38-12-13-42-45(28-38)64(3)63-54(42)67-25-20-48(69)62-55(67)71/h4-5,7-8,11,13-15,28,33,35-38,40-41,44,60,68H,10,12,16-27,29-32H2,1-3H3,(H2,59,70)(H,62,69,71)/t35-,38?,40-,41?,44?,56-/m0/s1. The monoisotopic (exact) mass is 1000 g/mol. The first kappa shape index (κ1) is 50.2. The van der Waals surface area contributed by atoms with E-state index >= 15 is 8.78 Å². The first-order valence-corrected chi connectivity index (χ1v) is 26.1. The van der Waals surface area contributed by atoms with Crippen molar-refractivity contribution >= 4 is 47.7 Å².